The summed E-state index contributed by atoms with van der Waals surface area (Å²) in [5.74, 6) is -2.08. The van der Waals surface area contributed by atoms with Crippen molar-refractivity contribution in [2.24, 2.45) is 11.7 Å². The minimum absolute atomic E-state index is 0.188. The van der Waals surface area contributed by atoms with Crippen LogP contribution >= 0.6 is 0 Å². The van der Waals surface area contributed by atoms with Crippen molar-refractivity contribution in [1.82, 2.24) is 0 Å². The van der Waals surface area contributed by atoms with E-state index in [1.807, 2.05) is 0 Å². The number of carboxylic acids is 1. The van der Waals surface area contributed by atoms with E-state index in [2.05, 4.69) is 0 Å². The summed E-state index contributed by atoms with van der Waals surface area (Å²) in [7, 11) is 0. The summed E-state index contributed by atoms with van der Waals surface area (Å²) < 4.78 is 12.7. The number of allylic oxidation sites excluding steroid dienone is 1. The molecule has 0 aromatic rings. The van der Waals surface area contributed by atoms with Crippen LogP contribution in [0.15, 0.2) is 12.2 Å². The van der Waals surface area contributed by atoms with E-state index in [0.717, 1.165) is 0 Å². The van der Waals surface area contributed by atoms with Crippen LogP contribution in [0.4, 0.5) is 4.39 Å². The van der Waals surface area contributed by atoms with Crippen molar-refractivity contribution in [2.45, 2.75) is 18.6 Å². The molecule has 0 bridgehead atoms. The summed E-state index contributed by atoms with van der Waals surface area (Å²) in [6, 6.07) is -0.317. The first kappa shape index (κ1) is 8.20. The van der Waals surface area contributed by atoms with E-state index in [-0.39, 0.29) is 12.5 Å². The third-order valence-corrected chi connectivity index (χ3v) is 1.77. The Morgan fingerprint density at radius 3 is 2.73 bits per heavy atom. The zero-order valence-electron chi connectivity index (χ0n) is 5.90. The molecule has 3 nitrogen and oxygen atoms in total. The largest absolute Gasteiger partial charge is 0.481 e. The predicted octanol–water partition coefficient (Wildman–Crippen LogP) is 0.312. The molecular formula is C7H10FNO2. The van der Waals surface area contributed by atoms with Gasteiger partial charge in [-0.25, -0.2) is 4.39 Å². The van der Waals surface area contributed by atoms with Crippen LogP contribution in [0.25, 0.3) is 0 Å². The van der Waals surface area contributed by atoms with Crippen LogP contribution in [-0.4, -0.2) is 23.3 Å². The third kappa shape index (κ3) is 1.77. The Morgan fingerprint density at radius 1 is 1.64 bits per heavy atom. The van der Waals surface area contributed by atoms with Gasteiger partial charge >= 0.3 is 5.97 Å². The SMILES string of the molecule is N[C@@H]1C=C[C@@H](F)[C@H](C(=O)O)C1. The molecule has 3 N–H and O–H groups in total. The molecule has 0 unspecified atom stereocenters. The van der Waals surface area contributed by atoms with E-state index in [9.17, 15) is 9.18 Å². The van der Waals surface area contributed by atoms with E-state index in [4.69, 9.17) is 10.8 Å². The van der Waals surface area contributed by atoms with Crippen LogP contribution in [0.1, 0.15) is 6.42 Å². The number of carbonyl (C=O) groups is 1. The van der Waals surface area contributed by atoms with Gasteiger partial charge in [0.2, 0.25) is 0 Å². The van der Waals surface area contributed by atoms with Crippen LogP contribution in [0.3, 0.4) is 0 Å². The Kier molecular flexibility index (Phi) is 2.24. The van der Waals surface area contributed by atoms with Crippen LogP contribution in [0, 0.1) is 5.92 Å². The molecule has 0 aromatic heterocycles. The molecule has 1 aliphatic carbocycles. The molecule has 1 rings (SSSR count). The molecule has 0 heterocycles. The topological polar surface area (TPSA) is 63.3 Å². The quantitative estimate of drug-likeness (QED) is 0.541. The highest BCUT2D eigenvalue weighted by atomic mass is 19.1. The summed E-state index contributed by atoms with van der Waals surface area (Å²) in [4.78, 5) is 10.4. The lowest BCUT2D eigenvalue weighted by Gasteiger charge is -2.21. The van der Waals surface area contributed by atoms with Gasteiger partial charge in [0.1, 0.15) is 6.17 Å². The average Bonchev–Trinajstić information content (AvgIpc) is 1.94. The molecule has 0 aromatic carbocycles. The zero-order valence-corrected chi connectivity index (χ0v) is 5.90. The number of rotatable bonds is 1. The first-order valence-corrected chi connectivity index (χ1v) is 3.42. The maximum Gasteiger partial charge on any atom is 0.309 e. The molecule has 0 amide bonds. The fourth-order valence-corrected chi connectivity index (χ4v) is 1.12. The summed E-state index contributed by atoms with van der Waals surface area (Å²) in [5.41, 5.74) is 5.41. The van der Waals surface area contributed by atoms with Gasteiger partial charge in [0.25, 0.3) is 0 Å². The van der Waals surface area contributed by atoms with Gasteiger partial charge in [0, 0.05) is 6.04 Å². The molecule has 62 valence electrons. The molecule has 0 saturated carbocycles. The molecule has 0 aliphatic heterocycles. The van der Waals surface area contributed by atoms with Gasteiger partial charge < -0.3 is 10.8 Å². The fraction of sp³-hybridized carbons (Fsp3) is 0.571. The summed E-state index contributed by atoms with van der Waals surface area (Å²) >= 11 is 0. The Balaban J connectivity index is 2.68. The highest BCUT2D eigenvalue weighted by molar-refractivity contribution is 5.71. The second kappa shape index (κ2) is 3.00. The van der Waals surface area contributed by atoms with E-state index < -0.39 is 18.1 Å². The molecular weight excluding hydrogens is 149 g/mol. The number of aliphatic carboxylic acids is 1. The van der Waals surface area contributed by atoms with Crippen LogP contribution < -0.4 is 5.73 Å². The second-order valence-corrected chi connectivity index (χ2v) is 2.67. The van der Waals surface area contributed by atoms with Gasteiger partial charge in [-0.1, -0.05) is 12.2 Å². The first-order valence-electron chi connectivity index (χ1n) is 3.42. The maximum atomic E-state index is 12.7. The van der Waals surface area contributed by atoms with E-state index >= 15 is 0 Å². The van der Waals surface area contributed by atoms with E-state index in [1.54, 1.807) is 0 Å². The van der Waals surface area contributed by atoms with E-state index in [0.29, 0.717) is 0 Å². The Labute approximate surface area is 63.7 Å². The van der Waals surface area contributed by atoms with Crippen LogP contribution in [0.2, 0.25) is 0 Å². The highest BCUT2D eigenvalue weighted by Crippen LogP contribution is 2.20. The predicted molar refractivity (Wildman–Crippen MR) is 37.8 cm³/mol. The molecule has 4 heteroatoms. The number of alkyl halides is 1. The van der Waals surface area contributed by atoms with Gasteiger partial charge in [0.05, 0.1) is 5.92 Å². The van der Waals surface area contributed by atoms with Gasteiger partial charge in [-0.2, -0.15) is 0 Å². The molecule has 11 heavy (non-hydrogen) atoms. The first-order chi connectivity index (χ1) is 5.11. The van der Waals surface area contributed by atoms with Gasteiger partial charge in [-0.3, -0.25) is 4.79 Å². The zero-order chi connectivity index (χ0) is 8.43. The van der Waals surface area contributed by atoms with Crippen molar-refractivity contribution in [3.8, 4) is 0 Å². The van der Waals surface area contributed by atoms with E-state index in [1.165, 1.54) is 12.2 Å². The van der Waals surface area contributed by atoms with Crippen molar-refractivity contribution in [3.05, 3.63) is 12.2 Å². The lowest BCUT2D eigenvalue weighted by molar-refractivity contribution is -0.143. The minimum Gasteiger partial charge on any atom is -0.481 e. The van der Waals surface area contributed by atoms with Crippen molar-refractivity contribution in [2.75, 3.05) is 0 Å². The average molecular weight is 159 g/mol. The van der Waals surface area contributed by atoms with Gasteiger partial charge in [-0.05, 0) is 6.42 Å². The monoisotopic (exact) mass is 159 g/mol. The number of carboxylic acid groups (broad SMARTS) is 1. The molecule has 0 saturated heterocycles. The number of halogens is 1. The molecule has 1 aliphatic rings. The molecule has 0 radical (unpaired) electrons. The summed E-state index contributed by atoms with van der Waals surface area (Å²) in [6.45, 7) is 0. The summed E-state index contributed by atoms with van der Waals surface area (Å²) in [6.07, 6.45) is 1.52. The second-order valence-electron chi connectivity index (χ2n) is 2.67. The van der Waals surface area contributed by atoms with Crippen molar-refractivity contribution in [3.63, 3.8) is 0 Å². The van der Waals surface area contributed by atoms with Crippen molar-refractivity contribution < 1.29 is 14.3 Å². The Hall–Kier alpha value is -0.900. The highest BCUT2D eigenvalue weighted by Gasteiger charge is 2.30. The Bertz CT molecular complexity index is 193. The molecule has 0 fully saturated rings. The third-order valence-electron chi connectivity index (χ3n) is 1.77. The van der Waals surface area contributed by atoms with Gasteiger partial charge in [0.15, 0.2) is 0 Å². The van der Waals surface area contributed by atoms with Crippen molar-refractivity contribution in [1.29, 1.82) is 0 Å². The van der Waals surface area contributed by atoms with Crippen LogP contribution in [0.5, 0.6) is 0 Å². The van der Waals surface area contributed by atoms with Crippen molar-refractivity contribution >= 4 is 5.97 Å². The maximum absolute atomic E-state index is 12.7. The lowest BCUT2D eigenvalue weighted by atomic mass is 9.90. The normalized spacial score (nSPS) is 37.1. The fourth-order valence-electron chi connectivity index (χ4n) is 1.12. The molecule has 3 atom stereocenters. The Morgan fingerprint density at radius 2 is 2.27 bits per heavy atom. The number of nitrogens with two attached hydrogens (primary N) is 1. The van der Waals surface area contributed by atoms with Gasteiger partial charge in [-0.15, -0.1) is 0 Å². The standard InChI is InChI=1S/C7H10FNO2/c8-6-2-1-4(9)3-5(6)7(10)11/h1-2,4-6H,3,9H2,(H,10,11)/t4-,5-,6-/m1/s1. The smallest absolute Gasteiger partial charge is 0.309 e. The van der Waals surface area contributed by atoms with Crippen LogP contribution in [-0.2, 0) is 4.79 Å². The minimum atomic E-state index is -1.38. The number of hydrogen-bond donors (Lipinski definition) is 2. The number of hydrogen-bond acceptors (Lipinski definition) is 2. The summed E-state index contributed by atoms with van der Waals surface area (Å²) in [5, 5.41) is 8.50. The lowest BCUT2D eigenvalue weighted by Crippen LogP contribution is -2.34. The molecule has 0 spiro atoms.